The van der Waals surface area contributed by atoms with Gasteiger partial charge in [0.1, 0.15) is 6.04 Å². The zero-order valence-electron chi connectivity index (χ0n) is 18.0. The molecule has 6 nitrogen and oxygen atoms in total. The Hall–Kier alpha value is -4.32. The first-order valence-electron chi connectivity index (χ1n) is 10.5. The predicted molar refractivity (Wildman–Crippen MR) is 125 cm³/mol. The van der Waals surface area contributed by atoms with Crippen molar-refractivity contribution in [3.8, 4) is 0 Å². The lowest BCUT2D eigenvalue weighted by molar-refractivity contribution is -0.142. The highest BCUT2D eigenvalue weighted by Crippen LogP contribution is 2.17. The second-order valence-corrected chi connectivity index (χ2v) is 7.52. The maximum absolute atomic E-state index is 13.0. The van der Waals surface area contributed by atoms with Crippen LogP contribution in [0.25, 0.3) is 10.9 Å². The molecule has 3 aromatic carbocycles. The van der Waals surface area contributed by atoms with E-state index in [4.69, 9.17) is 4.74 Å². The Bertz CT molecular complexity index is 1300. The summed E-state index contributed by atoms with van der Waals surface area (Å²) in [6, 6.07) is 24.1. The van der Waals surface area contributed by atoms with E-state index < -0.39 is 12.0 Å². The summed E-state index contributed by atoms with van der Waals surface area (Å²) in [5.41, 5.74) is 3.06. The van der Waals surface area contributed by atoms with Crippen molar-refractivity contribution in [2.75, 3.05) is 7.11 Å². The molecule has 4 aromatic rings. The van der Waals surface area contributed by atoms with Crippen LogP contribution >= 0.6 is 0 Å². The van der Waals surface area contributed by atoms with Gasteiger partial charge in [0.25, 0.3) is 5.91 Å². The minimum atomic E-state index is -0.884. The summed E-state index contributed by atoms with van der Waals surface area (Å²) in [6.07, 6.45) is 1.79. The van der Waals surface area contributed by atoms with E-state index in [0.717, 1.165) is 5.56 Å². The van der Waals surface area contributed by atoms with Crippen molar-refractivity contribution < 1.29 is 19.1 Å². The Morgan fingerprint density at radius 2 is 1.52 bits per heavy atom. The minimum Gasteiger partial charge on any atom is -0.467 e. The highest BCUT2D eigenvalue weighted by atomic mass is 16.5. The van der Waals surface area contributed by atoms with Crippen LogP contribution in [0, 0.1) is 0 Å². The normalized spacial score (nSPS) is 11.5. The number of hydrogen-bond donors (Lipinski definition) is 1. The molecule has 1 aromatic heterocycles. The Kier molecular flexibility index (Phi) is 6.55. The number of esters is 1. The minimum absolute atomic E-state index is 0.0791. The van der Waals surface area contributed by atoms with Crippen molar-refractivity contribution in [2.45, 2.75) is 12.5 Å². The molecule has 1 atom stereocenters. The van der Waals surface area contributed by atoms with Gasteiger partial charge in [-0.2, -0.15) is 0 Å². The number of para-hydroxylation sites is 1. The van der Waals surface area contributed by atoms with Gasteiger partial charge in [-0.3, -0.25) is 14.6 Å². The molecule has 0 saturated heterocycles. The summed E-state index contributed by atoms with van der Waals surface area (Å²) >= 11 is 0. The topological polar surface area (TPSA) is 85.4 Å². The summed E-state index contributed by atoms with van der Waals surface area (Å²) in [5, 5.41) is 3.48. The van der Waals surface area contributed by atoms with Crippen molar-refractivity contribution in [3.05, 3.63) is 113 Å². The molecular formula is C27H22N2O4. The van der Waals surface area contributed by atoms with Crippen LogP contribution in [0.2, 0.25) is 0 Å². The first kappa shape index (κ1) is 21.9. The number of nitrogens with one attached hydrogen (secondary N) is 1. The maximum atomic E-state index is 13.0. The van der Waals surface area contributed by atoms with Crippen LogP contribution in [0.15, 0.2) is 91.1 Å². The fraction of sp³-hybridized carbons (Fsp3) is 0.111. The molecule has 4 rings (SSSR count). The molecule has 1 amide bonds. The molecule has 0 bridgehead atoms. The average Bonchev–Trinajstić information content (AvgIpc) is 2.88. The van der Waals surface area contributed by atoms with E-state index in [0.29, 0.717) is 27.6 Å². The molecule has 0 radical (unpaired) electrons. The number of fused-ring (bicyclic) bond motifs is 1. The second kappa shape index (κ2) is 9.87. The predicted octanol–water partition coefficient (Wildman–Crippen LogP) is 3.98. The van der Waals surface area contributed by atoms with Crippen molar-refractivity contribution >= 4 is 28.6 Å². The lowest BCUT2D eigenvalue weighted by Crippen LogP contribution is -2.43. The SMILES string of the molecule is COC(=O)[C@@H](Cc1ccc(C(=O)c2ccccc2)cc1)NC(=O)c1ccnc2ccccc12. The fourth-order valence-corrected chi connectivity index (χ4v) is 3.65. The smallest absolute Gasteiger partial charge is 0.328 e. The molecule has 164 valence electrons. The van der Waals surface area contributed by atoms with Gasteiger partial charge in [-0.25, -0.2) is 4.79 Å². The third kappa shape index (κ3) is 4.96. The molecule has 0 saturated carbocycles. The monoisotopic (exact) mass is 438 g/mol. The summed E-state index contributed by atoms with van der Waals surface area (Å²) in [4.78, 5) is 42.3. The number of carbonyl (C=O) groups is 3. The Morgan fingerprint density at radius 3 is 2.24 bits per heavy atom. The van der Waals surface area contributed by atoms with Gasteiger partial charge in [-0.05, 0) is 17.7 Å². The zero-order chi connectivity index (χ0) is 23.2. The first-order chi connectivity index (χ1) is 16.1. The standard InChI is InChI=1S/C27H22N2O4/c1-33-27(32)24(29-26(31)22-15-16-28-23-10-6-5-9-21(22)23)17-18-11-13-20(14-12-18)25(30)19-7-3-2-4-8-19/h2-16,24H,17H2,1H3,(H,29,31)/t24-/m1/s1. The Morgan fingerprint density at radius 1 is 0.848 bits per heavy atom. The molecule has 1 heterocycles. The molecule has 6 heteroatoms. The molecular weight excluding hydrogens is 416 g/mol. The van der Waals surface area contributed by atoms with Gasteiger partial charge in [-0.15, -0.1) is 0 Å². The first-order valence-corrected chi connectivity index (χ1v) is 10.5. The van der Waals surface area contributed by atoms with Gasteiger partial charge >= 0.3 is 5.97 Å². The summed E-state index contributed by atoms with van der Waals surface area (Å²) in [5.74, 6) is -1.02. The number of ketones is 1. The quantitative estimate of drug-likeness (QED) is 0.348. The number of methoxy groups -OCH3 is 1. The molecule has 0 aliphatic carbocycles. The largest absolute Gasteiger partial charge is 0.467 e. The van der Waals surface area contributed by atoms with Crippen LogP contribution in [0.3, 0.4) is 0 Å². The van der Waals surface area contributed by atoms with Gasteiger partial charge in [0, 0.05) is 29.1 Å². The molecule has 33 heavy (non-hydrogen) atoms. The number of hydrogen-bond acceptors (Lipinski definition) is 5. The van der Waals surface area contributed by atoms with Crippen LogP contribution < -0.4 is 5.32 Å². The Labute approximate surface area is 191 Å². The van der Waals surface area contributed by atoms with Gasteiger partial charge in [0.15, 0.2) is 5.78 Å². The average molecular weight is 438 g/mol. The lowest BCUT2D eigenvalue weighted by atomic mass is 9.99. The molecule has 0 fully saturated rings. The number of pyridine rings is 1. The van der Waals surface area contributed by atoms with Gasteiger partial charge in [-0.1, -0.05) is 72.8 Å². The fourth-order valence-electron chi connectivity index (χ4n) is 3.65. The molecule has 0 unspecified atom stereocenters. The van der Waals surface area contributed by atoms with Crippen LogP contribution in [0.4, 0.5) is 0 Å². The van der Waals surface area contributed by atoms with Crippen molar-refractivity contribution in [3.63, 3.8) is 0 Å². The van der Waals surface area contributed by atoms with Crippen molar-refractivity contribution in [2.24, 2.45) is 0 Å². The van der Waals surface area contributed by atoms with Crippen molar-refractivity contribution in [1.82, 2.24) is 10.3 Å². The number of carbonyl (C=O) groups excluding carboxylic acids is 3. The number of ether oxygens (including phenoxy) is 1. The highest BCUT2D eigenvalue weighted by Gasteiger charge is 2.23. The van der Waals surface area contributed by atoms with Gasteiger partial charge in [0.05, 0.1) is 18.2 Å². The highest BCUT2D eigenvalue weighted by molar-refractivity contribution is 6.09. The number of rotatable bonds is 7. The third-order valence-electron chi connectivity index (χ3n) is 5.38. The summed E-state index contributed by atoms with van der Waals surface area (Å²) < 4.78 is 4.91. The summed E-state index contributed by atoms with van der Waals surface area (Å²) in [7, 11) is 1.28. The third-order valence-corrected chi connectivity index (χ3v) is 5.38. The van der Waals surface area contributed by atoms with Crippen LogP contribution in [-0.2, 0) is 16.0 Å². The molecule has 0 aliphatic heterocycles. The molecule has 0 spiro atoms. The second-order valence-electron chi connectivity index (χ2n) is 7.52. The lowest BCUT2D eigenvalue weighted by Gasteiger charge is -2.17. The number of amides is 1. The van der Waals surface area contributed by atoms with Gasteiger partial charge < -0.3 is 10.1 Å². The van der Waals surface area contributed by atoms with E-state index in [1.807, 2.05) is 42.5 Å². The number of benzene rings is 3. The zero-order valence-corrected chi connectivity index (χ0v) is 18.0. The van der Waals surface area contributed by atoms with Crippen LogP contribution in [0.1, 0.15) is 31.8 Å². The maximum Gasteiger partial charge on any atom is 0.328 e. The van der Waals surface area contributed by atoms with Crippen LogP contribution in [0.5, 0.6) is 0 Å². The van der Waals surface area contributed by atoms with Gasteiger partial charge in [0.2, 0.25) is 0 Å². The summed E-state index contributed by atoms with van der Waals surface area (Å²) in [6.45, 7) is 0. The van der Waals surface area contributed by atoms with Crippen molar-refractivity contribution in [1.29, 1.82) is 0 Å². The molecule has 1 N–H and O–H groups in total. The number of nitrogens with zero attached hydrogens (tertiary/aromatic N) is 1. The van der Waals surface area contributed by atoms with Crippen LogP contribution in [-0.4, -0.2) is 35.8 Å². The van der Waals surface area contributed by atoms with E-state index >= 15 is 0 Å². The Balaban J connectivity index is 1.52. The van der Waals surface area contributed by atoms with E-state index in [1.54, 1.807) is 48.7 Å². The van der Waals surface area contributed by atoms with E-state index in [1.165, 1.54) is 7.11 Å². The molecule has 0 aliphatic rings. The van der Waals surface area contributed by atoms with E-state index in [-0.39, 0.29) is 18.1 Å². The van der Waals surface area contributed by atoms with E-state index in [9.17, 15) is 14.4 Å². The number of aromatic nitrogens is 1. The van der Waals surface area contributed by atoms with E-state index in [2.05, 4.69) is 10.3 Å².